The van der Waals surface area contributed by atoms with Crippen LogP contribution in [0.5, 0.6) is 11.5 Å². The lowest BCUT2D eigenvalue weighted by molar-refractivity contribution is 0.0955. The second-order valence-electron chi connectivity index (χ2n) is 6.24. The summed E-state index contributed by atoms with van der Waals surface area (Å²) in [4.78, 5) is 2.58. The van der Waals surface area contributed by atoms with E-state index in [1.165, 1.54) is 5.56 Å². The Balaban J connectivity index is 2.14. The summed E-state index contributed by atoms with van der Waals surface area (Å²) in [5.41, 5.74) is 1.27. The predicted molar refractivity (Wildman–Crippen MR) is 86.0 cm³/mol. The normalized spacial score (nSPS) is 23.3. The zero-order chi connectivity index (χ0) is 15.4. The molecule has 0 spiro atoms. The zero-order valence-electron chi connectivity index (χ0n) is 13.8. The van der Waals surface area contributed by atoms with Crippen LogP contribution in [0.25, 0.3) is 0 Å². The number of piperazine rings is 1. The van der Waals surface area contributed by atoms with Gasteiger partial charge in [-0.3, -0.25) is 4.90 Å². The van der Waals surface area contributed by atoms with Gasteiger partial charge in [-0.25, -0.2) is 0 Å². The van der Waals surface area contributed by atoms with Crippen LogP contribution in [-0.2, 0) is 6.54 Å². The molecule has 1 saturated heterocycles. The van der Waals surface area contributed by atoms with Crippen LogP contribution in [0.4, 0.5) is 0 Å². The van der Waals surface area contributed by atoms with E-state index in [1.807, 2.05) is 6.07 Å². The summed E-state index contributed by atoms with van der Waals surface area (Å²) in [6.45, 7) is 9.94. The van der Waals surface area contributed by atoms with Gasteiger partial charge in [0.05, 0.1) is 14.2 Å². The molecule has 1 aromatic rings. The summed E-state index contributed by atoms with van der Waals surface area (Å²) in [5, 5.41) is 3.58. The number of hydrogen-bond donors (Lipinski definition) is 1. The minimum atomic E-state index is 0.542. The van der Waals surface area contributed by atoms with Crippen LogP contribution in [0.1, 0.15) is 26.3 Å². The van der Waals surface area contributed by atoms with Gasteiger partial charge >= 0.3 is 0 Å². The Morgan fingerprint density at radius 3 is 2.57 bits per heavy atom. The van der Waals surface area contributed by atoms with Crippen molar-refractivity contribution in [2.24, 2.45) is 5.92 Å². The van der Waals surface area contributed by atoms with Crippen molar-refractivity contribution >= 4 is 0 Å². The van der Waals surface area contributed by atoms with Gasteiger partial charge in [-0.2, -0.15) is 0 Å². The zero-order valence-corrected chi connectivity index (χ0v) is 13.8. The maximum atomic E-state index is 5.41. The van der Waals surface area contributed by atoms with Gasteiger partial charge in [0, 0.05) is 31.7 Å². The molecule has 2 rings (SSSR count). The molecule has 0 saturated carbocycles. The van der Waals surface area contributed by atoms with Gasteiger partial charge in [-0.05, 0) is 30.5 Å². The SMILES string of the molecule is COc1ccc(CN2CC(C)NCC2C(C)C)cc1OC. The molecule has 118 valence electrons. The summed E-state index contributed by atoms with van der Waals surface area (Å²) in [7, 11) is 3.36. The van der Waals surface area contributed by atoms with Gasteiger partial charge in [-0.15, -0.1) is 0 Å². The second kappa shape index (κ2) is 7.14. The minimum Gasteiger partial charge on any atom is -0.493 e. The van der Waals surface area contributed by atoms with Crippen LogP contribution in [0.15, 0.2) is 18.2 Å². The molecule has 21 heavy (non-hydrogen) atoms. The highest BCUT2D eigenvalue weighted by atomic mass is 16.5. The molecule has 4 nitrogen and oxygen atoms in total. The summed E-state index contributed by atoms with van der Waals surface area (Å²) in [6.07, 6.45) is 0. The number of methoxy groups -OCH3 is 2. The maximum Gasteiger partial charge on any atom is 0.161 e. The van der Waals surface area contributed by atoms with Crippen molar-refractivity contribution in [1.29, 1.82) is 0 Å². The monoisotopic (exact) mass is 292 g/mol. The number of nitrogens with one attached hydrogen (secondary N) is 1. The highest BCUT2D eigenvalue weighted by molar-refractivity contribution is 5.42. The summed E-state index contributed by atoms with van der Waals surface area (Å²) < 4.78 is 10.7. The van der Waals surface area contributed by atoms with Gasteiger partial charge < -0.3 is 14.8 Å². The quantitative estimate of drug-likeness (QED) is 0.904. The van der Waals surface area contributed by atoms with Crippen LogP contribution in [0.2, 0.25) is 0 Å². The first-order valence-corrected chi connectivity index (χ1v) is 7.73. The van der Waals surface area contributed by atoms with Gasteiger partial charge in [-0.1, -0.05) is 19.9 Å². The highest BCUT2D eigenvalue weighted by Crippen LogP contribution is 2.29. The highest BCUT2D eigenvalue weighted by Gasteiger charge is 2.28. The van der Waals surface area contributed by atoms with Crippen LogP contribution in [0, 0.1) is 5.92 Å². The molecular weight excluding hydrogens is 264 g/mol. The molecule has 1 aliphatic rings. The molecule has 0 aromatic heterocycles. The topological polar surface area (TPSA) is 33.7 Å². The van der Waals surface area contributed by atoms with E-state index in [4.69, 9.17) is 9.47 Å². The Morgan fingerprint density at radius 2 is 1.95 bits per heavy atom. The van der Waals surface area contributed by atoms with Crippen molar-refractivity contribution in [3.63, 3.8) is 0 Å². The first-order chi connectivity index (χ1) is 10.0. The average Bonchev–Trinajstić information content (AvgIpc) is 2.46. The van der Waals surface area contributed by atoms with E-state index in [2.05, 4.69) is 43.1 Å². The Labute approximate surface area is 128 Å². The third kappa shape index (κ3) is 3.89. The molecule has 1 aromatic carbocycles. The lowest BCUT2D eigenvalue weighted by Crippen LogP contribution is -2.56. The molecule has 1 fully saturated rings. The van der Waals surface area contributed by atoms with E-state index in [9.17, 15) is 0 Å². The van der Waals surface area contributed by atoms with Crippen LogP contribution >= 0.6 is 0 Å². The van der Waals surface area contributed by atoms with Crippen molar-refractivity contribution in [3.05, 3.63) is 23.8 Å². The molecular formula is C17H28N2O2. The molecule has 0 bridgehead atoms. The number of ether oxygens (including phenoxy) is 2. The summed E-state index contributed by atoms with van der Waals surface area (Å²) in [5.74, 6) is 2.24. The number of benzene rings is 1. The molecule has 4 heteroatoms. The van der Waals surface area contributed by atoms with Crippen LogP contribution < -0.4 is 14.8 Å². The molecule has 2 unspecified atom stereocenters. The lowest BCUT2D eigenvalue weighted by atomic mass is 9.98. The van der Waals surface area contributed by atoms with Crippen molar-refractivity contribution in [1.82, 2.24) is 10.2 Å². The minimum absolute atomic E-state index is 0.542. The van der Waals surface area contributed by atoms with E-state index in [1.54, 1.807) is 14.2 Å². The molecule has 1 heterocycles. The fourth-order valence-electron chi connectivity index (χ4n) is 3.06. The first-order valence-electron chi connectivity index (χ1n) is 7.73. The van der Waals surface area contributed by atoms with E-state index in [0.29, 0.717) is 18.0 Å². The molecule has 0 radical (unpaired) electrons. The van der Waals surface area contributed by atoms with Crippen molar-refractivity contribution in [2.45, 2.75) is 39.4 Å². The van der Waals surface area contributed by atoms with E-state index in [0.717, 1.165) is 31.1 Å². The fraction of sp³-hybridized carbons (Fsp3) is 0.647. The molecule has 1 N–H and O–H groups in total. The summed E-state index contributed by atoms with van der Waals surface area (Å²) >= 11 is 0. The smallest absolute Gasteiger partial charge is 0.161 e. The van der Waals surface area contributed by atoms with Crippen molar-refractivity contribution < 1.29 is 9.47 Å². The average molecular weight is 292 g/mol. The first kappa shape index (κ1) is 16.1. The van der Waals surface area contributed by atoms with Crippen molar-refractivity contribution in [2.75, 3.05) is 27.3 Å². The third-order valence-electron chi connectivity index (χ3n) is 4.26. The van der Waals surface area contributed by atoms with E-state index < -0.39 is 0 Å². The molecule has 1 aliphatic heterocycles. The predicted octanol–water partition coefficient (Wildman–Crippen LogP) is 2.52. The summed E-state index contributed by atoms with van der Waals surface area (Å²) in [6, 6.07) is 7.33. The Hall–Kier alpha value is -1.26. The number of nitrogens with zero attached hydrogens (tertiary/aromatic N) is 1. The molecule has 0 aliphatic carbocycles. The lowest BCUT2D eigenvalue weighted by Gasteiger charge is -2.41. The van der Waals surface area contributed by atoms with E-state index in [-0.39, 0.29) is 0 Å². The maximum absolute atomic E-state index is 5.41. The van der Waals surface area contributed by atoms with Gasteiger partial charge in [0.15, 0.2) is 11.5 Å². The Morgan fingerprint density at radius 1 is 1.24 bits per heavy atom. The fourth-order valence-corrected chi connectivity index (χ4v) is 3.06. The second-order valence-corrected chi connectivity index (χ2v) is 6.24. The molecule has 0 amide bonds. The Bertz CT molecular complexity index is 462. The van der Waals surface area contributed by atoms with Gasteiger partial charge in [0.2, 0.25) is 0 Å². The molecule has 2 atom stereocenters. The number of hydrogen-bond acceptors (Lipinski definition) is 4. The van der Waals surface area contributed by atoms with Crippen molar-refractivity contribution in [3.8, 4) is 11.5 Å². The third-order valence-corrected chi connectivity index (χ3v) is 4.26. The van der Waals surface area contributed by atoms with Crippen LogP contribution in [0.3, 0.4) is 0 Å². The van der Waals surface area contributed by atoms with Crippen LogP contribution in [-0.4, -0.2) is 44.3 Å². The van der Waals surface area contributed by atoms with E-state index >= 15 is 0 Å². The van der Waals surface area contributed by atoms with Gasteiger partial charge in [0.1, 0.15) is 0 Å². The Kier molecular flexibility index (Phi) is 5.48. The largest absolute Gasteiger partial charge is 0.493 e. The standard InChI is InChI=1S/C17H28N2O2/c1-12(2)15-9-18-13(3)10-19(15)11-14-6-7-16(20-4)17(8-14)21-5/h6-8,12-13,15,18H,9-11H2,1-5H3. The number of rotatable bonds is 5. The van der Waals surface area contributed by atoms with Gasteiger partial charge in [0.25, 0.3) is 0 Å².